The summed E-state index contributed by atoms with van der Waals surface area (Å²) in [6.07, 6.45) is 4.01. The number of nitrogens with two attached hydrogens (primary N) is 1. The molecular formula is C23H23N3O4. The molecule has 3 aromatic rings. The molecule has 1 aromatic carbocycles. The van der Waals surface area contributed by atoms with Gasteiger partial charge in [-0.2, -0.15) is 5.10 Å². The lowest BCUT2D eigenvalue weighted by Crippen LogP contribution is -2.16. The van der Waals surface area contributed by atoms with Crippen molar-refractivity contribution >= 4 is 23.0 Å². The average molecular weight is 405 g/mol. The summed E-state index contributed by atoms with van der Waals surface area (Å²) in [6, 6.07) is 11.8. The summed E-state index contributed by atoms with van der Waals surface area (Å²) in [4.78, 5) is 23.9. The predicted molar refractivity (Wildman–Crippen MR) is 112 cm³/mol. The highest BCUT2D eigenvalue weighted by molar-refractivity contribution is 6.22. The number of primary amides is 1. The van der Waals surface area contributed by atoms with Crippen LogP contribution in [0.2, 0.25) is 0 Å². The summed E-state index contributed by atoms with van der Waals surface area (Å²) in [5, 5.41) is 4.72. The number of amides is 1. The molecule has 0 saturated heterocycles. The van der Waals surface area contributed by atoms with Crippen molar-refractivity contribution in [2.75, 3.05) is 13.7 Å². The molecule has 4 rings (SSSR count). The Morgan fingerprint density at radius 3 is 2.70 bits per heavy atom. The lowest BCUT2D eigenvalue weighted by Gasteiger charge is -2.14. The van der Waals surface area contributed by atoms with Gasteiger partial charge >= 0.3 is 5.97 Å². The van der Waals surface area contributed by atoms with Crippen LogP contribution >= 0.6 is 0 Å². The van der Waals surface area contributed by atoms with Gasteiger partial charge in [0.2, 0.25) is 5.91 Å². The molecule has 0 aliphatic heterocycles. The highest BCUT2D eigenvalue weighted by atomic mass is 16.6. The van der Waals surface area contributed by atoms with Crippen LogP contribution in [-0.4, -0.2) is 35.2 Å². The third-order valence-electron chi connectivity index (χ3n) is 5.25. The summed E-state index contributed by atoms with van der Waals surface area (Å²) in [5.74, 6) is -0.509. The SMILES string of the molecule is COC(=O)COc1cc(C)nn2c(Cc3ccccc3)c3c(c12)C(C(N)=O)=CCC3. The third kappa shape index (κ3) is 3.54. The first kappa shape index (κ1) is 19.7. The number of nitrogens with zero attached hydrogens (tertiary/aromatic N) is 2. The van der Waals surface area contributed by atoms with E-state index >= 15 is 0 Å². The predicted octanol–water partition coefficient (Wildman–Crippen LogP) is 2.60. The Kier molecular flexibility index (Phi) is 5.27. The van der Waals surface area contributed by atoms with Crippen LogP contribution in [0.4, 0.5) is 0 Å². The Morgan fingerprint density at radius 1 is 1.23 bits per heavy atom. The third-order valence-corrected chi connectivity index (χ3v) is 5.25. The van der Waals surface area contributed by atoms with Crippen LogP contribution in [-0.2, 0) is 27.2 Å². The molecule has 0 fully saturated rings. The van der Waals surface area contributed by atoms with Crippen molar-refractivity contribution < 1.29 is 19.1 Å². The summed E-state index contributed by atoms with van der Waals surface area (Å²) in [6.45, 7) is 1.62. The first-order valence-corrected chi connectivity index (χ1v) is 9.77. The molecule has 1 amide bonds. The van der Waals surface area contributed by atoms with E-state index in [1.165, 1.54) is 7.11 Å². The van der Waals surface area contributed by atoms with E-state index in [1.54, 1.807) is 6.07 Å². The van der Waals surface area contributed by atoms with Gasteiger partial charge < -0.3 is 15.2 Å². The maximum absolute atomic E-state index is 12.2. The molecule has 154 valence electrons. The fourth-order valence-corrected chi connectivity index (χ4v) is 3.96. The second kappa shape index (κ2) is 8.02. The van der Waals surface area contributed by atoms with Crippen LogP contribution < -0.4 is 10.5 Å². The quantitative estimate of drug-likeness (QED) is 0.636. The largest absolute Gasteiger partial charge is 0.480 e. The van der Waals surface area contributed by atoms with Gasteiger partial charge in [-0.05, 0) is 30.9 Å². The number of allylic oxidation sites excluding steroid dienone is 1. The van der Waals surface area contributed by atoms with Crippen LogP contribution in [0.25, 0.3) is 11.1 Å². The Hall–Kier alpha value is -3.61. The lowest BCUT2D eigenvalue weighted by atomic mass is 9.90. The van der Waals surface area contributed by atoms with Crippen molar-refractivity contribution in [3.05, 3.63) is 70.6 Å². The van der Waals surface area contributed by atoms with Crippen LogP contribution in [0, 0.1) is 6.92 Å². The van der Waals surface area contributed by atoms with Gasteiger partial charge in [0, 0.05) is 23.6 Å². The highest BCUT2D eigenvalue weighted by Crippen LogP contribution is 2.39. The number of hydrogen-bond acceptors (Lipinski definition) is 5. The normalized spacial score (nSPS) is 12.9. The number of methoxy groups -OCH3 is 1. The Bertz CT molecular complexity index is 1160. The van der Waals surface area contributed by atoms with Gasteiger partial charge in [-0.25, -0.2) is 9.31 Å². The smallest absolute Gasteiger partial charge is 0.343 e. The van der Waals surface area contributed by atoms with Crippen LogP contribution in [0.3, 0.4) is 0 Å². The van der Waals surface area contributed by atoms with Gasteiger partial charge in [-0.15, -0.1) is 0 Å². The molecule has 2 aromatic heterocycles. The monoisotopic (exact) mass is 405 g/mol. The number of carbonyl (C=O) groups excluding carboxylic acids is 2. The molecular weight excluding hydrogens is 382 g/mol. The van der Waals surface area contributed by atoms with E-state index in [0.29, 0.717) is 23.3 Å². The summed E-state index contributed by atoms with van der Waals surface area (Å²) in [7, 11) is 1.31. The number of carbonyl (C=O) groups is 2. The van der Waals surface area contributed by atoms with Crippen LogP contribution in [0.1, 0.15) is 34.5 Å². The minimum absolute atomic E-state index is 0.237. The molecule has 7 heteroatoms. The molecule has 0 bridgehead atoms. The lowest BCUT2D eigenvalue weighted by molar-refractivity contribution is -0.142. The molecule has 1 aliphatic carbocycles. The minimum Gasteiger partial charge on any atom is -0.480 e. The van der Waals surface area contributed by atoms with Gasteiger partial charge in [-0.3, -0.25) is 4.79 Å². The van der Waals surface area contributed by atoms with Gasteiger partial charge in [-0.1, -0.05) is 36.4 Å². The van der Waals surface area contributed by atoms with Crippen molar-refractivity contribution in [3.8, 4) is 5.75 Å². The van der Waals surface area contributed by atoms with E-state index in [4.69, 9.17) is 20.3 Å². The summed E-state index contributed by atoms with van der Waals surface area (Å²) in [5.41, 5.74) is 11.5. The standard InChI is InChI=1S/C23H23N3O4/c1-14-11-19(30-13-20(27)29-2)22-21-16(9-6-10-17(21)23(24)28)18(26(22)25-14)12-15-7-4-3-5-8-15/h3-5,7-8,10-11H,6,9,12-13H2,1-2H3,(H2,24,28). The average Bonchev–Trinajstić information content (AvgIpc) is 3.05. The summed E-state index contributed by atoms with van der Waals surface area (Å²) < 4.78 is 12.3. The topological polar surface area (TPSA) is 95.9 Å². The Balaban J connectivity index is 1.96. The maximum Gasteiger partial charge on any atom is 0.343 e. The first-order valence-electron chi connectivity index (χ1n) is 9.77. The van der Waals surface area contributed by atoms with E-state index in [2.05, 4.69) is 12.1 Å². The van der Waals surface area contributed by atoms with Gasteiger partial charge in [0.05, 0.1) is 18.5 Å². The van der Waals surface area contributed by atoms with Crippen LogP contribution in [0.5, 0.6) is 5.75 Å². The number of aryl methyl sites for hydroxylation is 1. The fraction of sp³-hybridized carbons (Fsp3) is 0.261. The molecule has 0 saturated carbocycles. The van der Waals surface area contributed by atoms with E-state index in [9.17, 15) is 9.59 Å². The molecule has 1 aliphatic rings. The second-order valence-corrected chi connectivity index (χ2v) is 7.26. The van der Waals surface area contributed by atoms with Crippen molar-refractivity contribution in [1.29, 1.82) is 0 Å². The summed E-state index contributed by atoms with van der Waals surface area (Å²) >= 11 is 0. The van der Waals surface area contributed by atoms with E-state index in [0.717, 1.165) is 40.9 Å². The van der Waals surface area contributed by atoms with Crippen molar-refractivity contribution in [2.24, 2.45) is 5.73 Å². The molecule has 2 N–H and O–H groups in total. The molecule has 0 atom stereocenters. The number of ether oxygens (including phenoxy) is 2. The molecule has 0 radical (unpaired) electrons. The maximum atomic E-state index is 12.2. The molecule has 30 heavy (non-hydrogen) atoms. The zero-order valence-corrected chi connectivity index (χ0v) is 17.0. The number of fused-ring (bicyclic) bond motifs is 3. The first-order chi connectivity index (χ1) is 14.5. The van der Waals surface area contributed by atoms with Crippen molar-refractivity contribution in [2.45, 2.75) is 26.2 Å². The zero-order chi connectivity index (χ0) is 21.3. The Labute approximate surface area is 174 Å². The molecule has 0 spiro atoms. The number of esters is 1. The second-order valence-electron chi connectivity index (χ2n) is 7.26. The number of aromatic nitrogens is 2. The number of hydrogen-bond donors (Lipinski definition) is 1. The van der Waals surface area contributed by atoms with Gasteiger partial charge in [0.25, 0.3) is 0 Å². The van der Waals surface area contributed by atoms with E-state index < -0.39 is 11.9 Å². The Morgan fingerprint density at radius 2 is 2.00 bits per heavy atom. The number of benzene rings is 1. The van der Waals surface area contributed by atoms with E-state index in [-0.39, 0.29) is 6.61 Å². The van der Waals surface area contributed by atoms with Gasteiger partial charge in [0.15, 0.2) is 6.61 Å². The van der Waals surface area contributed by atoms with E-state index in [1.807, 2.05) is 35.7 Å². The fourth-order valence-electron chi connectivity index (χ4n) is 3.96. The van der Waals surface area contributed by atoms with Crippen molar-refractivity contribution in [3.63, 3.8) is 0 Å². The molecule has 7 nitrogen and oxygen atoms in total. The number of rotatable bonds is 6. The molecule has 2 heterocycles. The van der Waals surface area contributed by atoms with Crippen molar-refractivity contribution in [1.82, 2.24) is 9.61 Å². The zero-order valence-electron chi connectivity index (χ0n) is 17.0. The minimum atomic E-state index is -0.491. The molecule has 0 unspecified atom stereocenters. The highest BCUT2D eigenvalue weighted by Gasteiger charge is 2.29. The van der Waals surface area contributed by atoms with Crippen LogP contribution in [0.15, 0.2) is 42.5 Å². The van der Waals surface area contributed by atoms with Gasteiger partial charge in [0.1, 0.15) is 11.3 Å².